The van der Waals surface area contributed by atoms with E-state index < -0.39 is 16.9 Å². The summed E-state index contributed by atoms with van der Waals surface area (Å²) in [5.74, 6) is 0.382. The summed E-state index contributed by atoms with van der Waals surface area (Å²) in [5.41, 5.74) is 0.838. The number of nitro benzene ring substituents is 1. The quantitative estimate of drug-likeness (QED) is 0.433. The molecule has 9 nitrogen and oxygen atoms in total. The molecule has 0 aliphatic carbocycles. The number of hydrogen-bond acceptors (Lipinski definition) is 8. The Balaban J connectivity index is 1.52. The van der Waals surface area contributed by atoms with Gasteiger partial charge in [-0.3, -0.25) is 14.9 Å². The zero-order valence-electron chi connectivity index (χ0n) is 14.6. The summed E-state index contributed by atoms with van der Waals surface area (Å²) >= 11 is 1.58. The van der Waals surface area contributed by atoms with Crippen molar-refractivity contribution in [3.8, 4) is 5.75 Å². The van der Waals surface area contributed by atoms with E-state index in [1.165, 1.54) is 12.1 Å². The lowest BCUT2D eigenvalue weighted by Gasteiger charge is -2.29. The van der Waals surface area contributed by atoms with E-state index in [-0.39, 0.29) is 36.5 Å². The largest absolute Gasteiger partial charge is 0.467 e. The molecular weight excluding hydrogens is 376 g/mol. The second-order valence-electron chi connectivity index (χ2n) is 6.83. The highest BCUT2D eigenvalue weighted by molar-refractivity contribution is 8.01. The molecule has 0 aromatic heterocycles. The molecule has 4 rings (SSSR count). The molecule has 3 aliphatic rings. The summed E-state index contributed by atoms with van der Waals surface area (Å²) < 4.78 is 16.0. The first-order valence-electron chi connectivity index (χ1n) is 8.52. The summed E-state index contributed by atoms with van der Waals surface area (Å²) in [4.78, 5) is 36.7. The van der Waals surface area contributed by atoms with E-state index in [0.29, 0.717) is 35.5 Å². The first-order chi connectivity index (χ1) is 12.9. The Labute approximate surface area is 159 Å². The molecule has 2 fully saturated rings. The monoisotopic (exact) mass is 394 g/mol. The predicted molar refractivity (Wildman–Crippen MR) is 93.9 cm³/mol. The van der Waals surface area contributed by atoms with Crippen LogP contribution in [0.3, 0.4) is 0 Å². The topological polar surface area (TPSA) is 108 Å². The number of ether oxygens (including phenoxy) is 3. The highest BCUT2D eigenvalue weighted by Gasteiger charge is 2.53. The van der Waals surface area contributed by atoms with Crippen LogP contribution in [0.4, 0.5) is 5.69 Å². The lowest BCUT2D eigenvalue weighted by atomic mass is 10.1. The van der Waals surface area contributed by atoms with Gasteiger partial charge in [-0.15, -0.1) is 11.8 Å². The van der Waals surface area contributed by atoms with Gasteiger partial charge in [-0.05, 0) is 13.3 Å². The standard InChI is InChI=1S/C17H18N2O7S/c1-17-3-2-14(20)18(17)13(8-27-17)16(21)25-7-11-5-12(19(22)23)4-10-6-24-9-26-15(10)11/h4-5,13H,2-3,6-9H2,1H3/t13-,17-/m1/s1. The lowest BCUT2D eigenvalue weighted by Crippen LogP contribution is -2.46. The molecule has 1 amide bonds. The first kappa shape index (κ1) is 18.1. The van der Waals surface area contributed by atoms with Gasteiger partial charge in [-0.2, -0.15) is 0 Å². The number of non-ortho nitro benzene ring substituents is 1. The van der Waals surface area contributed by atoms with Gasteiger partial charge in [0.05, 0.1) is 16.4 Å². The molecule has 10 heteroatoms. The number of esters is 1. The Morgan fingerprint density at radius 3 is 3.11 bits per heavy atom. The van der Waals surface area contributed by atoms with Gasteiger partial charge in [0.15, 0.2) is 6.79 Å². The smallest absolute Gasteiger partial charge is 0.330 e. The van der Waals surface area contributed by atoms with Crippen LogP contribution >= 0.6 is 11.8 Å². The van der Waals surface area contributed by atoms with Crippen LogP contribution in [0.1, 0.15) is 30.9 Å². The third kappa shape index (κ3) is 3.12. The SMILES string of the molecule is C[C@@]12CCC(=O)N1[C@@H](C(=O)OCc1cc([N+](=O)[O-])cc3c1OCOC3)CS2. The Kier molecular flexibility index (Phi) is 4.47. The maximum Gasteiger partial charge on any atom is 0.330 e. The average molecular weight is 394 g/mol. The molecule has 0 spiro atoms. The maximum absolute atomic E-state index is 12.6. The molecule has 3 heterocycles. The van der Waals surface area contributed by atoms with Crippen LogP contribution in [0.2, 0.25) is 0 Å². The number of amides is 1. The van der Waals surface area contributed by atoms with Gasteiger partial charge in [-0.1, -0.05) is 0 Å². The molecule has 3 aliphatic heterocycles. The molecule has 0 radical (unpaired) electrons. The van der Waals surface area contributed by atoms with Crippen molar-refractivity contribution < 1.29 is 28.7 Å². The van der Waals surface area contributed by atoms with Crippen LogP contribution < -0.4 is 4.74 Å². The zero-order chi connectivity index (χ0) is 19.2. The van der Waals surface area contributed by atoms with E-state index in [1.807, 2.05) is 6.92 Å². The van der Waals surface area contributed by atoms with E-state index >= 15 is 0 Å². The number of hydrogen-bond donors (Lipinski definition) is 0. The average Bonchev–Trinajstić information content (AvgIpc) is 3.15. The minimum Gasteiger partial charge on any atom is -0.467 e. The first-order valence-corrected chi connectivity index (χ1v) is 9.51. The van der Waals surface area contributed by atoms with Crippen LogP contribution in [0.25, 0.3) is 0 Å². The predicted octanol–water partition coefficient (Wildman–Crippen LogP) is 1.96. The second kappa shape index (κ2) is 6.68. The molecule has 0 bridgehead atoms. The fraction of sp³-hybridized carbons (Fsp3) is 0.529. The van der Waals surface area contributed by atoms with Gasteiger partial charge in [0.1, 0.15) is 18.4 Å². The minimum absolute atomic E-state index is 0.0334. The fourth-order valence-electron chi connectivity index (χ4n) is 3.73. The van der Waals surface area contributed by atoms with Crippen LogP contribution in [0.15, 0.2) is 12.1 Å². The number of carbonyl (C=O) groups is 2. The number of nitro groups is 1. The molecule has 27 heavy (non-hydrogen) atoms. The van der Waals surface area contributed by atoms with E-state index in [1.54, 1.807) is 16.7 Å². The number of thioether (sulfide) groups is 1. The Morgan fingerprint density at radius 2 is 2.33 bits per heavy atom. The molecule has 1 aromatic rings. The van der Waals surface area contributed by atoms with Crippen LogP contribution in [-0.4, -0.2) is 45.2 Å². The van der Waals surface area contributed by atoms with Crippen molar-refractivity contribution in [3.05, 3.63) is 33.4 Å². The van der Waals surface area contributed by atoms with E-state index in [4.69, 9.17) is 14.2 Å². The van der Waals surface area contributed by atoms with Gasteiger partial charge in [0.25, 0.3) is 5.69 Å². The van der Waals surface area contributed by atoms with Crippen molar-refractivity contribution in [3.63, 3.8) is 0 Å². The third-order valence-corrected chi connectivity index (χ3v) is 6.57. The lowest BCUT2D eigenvalue weighted by molar-refractivity contribution is -0.385. The Hall–Kier alpha value is -2.33. The Bertz CT molecular complexity index is 830. The Morgan fingerprint density at radius 1 is 1.52 bits per heavy atom. The van der Waals surface area contributed by atoms with E-state index in [9.17, 15) is 19.7 Å². The highest BCUT2D eigenvalue weighted by Crippen LogP contribution is 2.47. The summed E-state index contributed by atoms with van der Waals surface area (Å²) in [6, 6.07) is 2.10. The number of nitrogens with zero attached hydrogens (tertiary/aromatic N) is 2. The molecule has 2 atom stereocenters. The maximum atomic E-state index is 12.6. The molecular formula is C17H18N2O7S. The fourth-order valence-corrected chi connectivity index (χ4v) is 5.15. The molecule has 0 unspecified atom stereocenters. The van der Waals surface area contributed by atoms with Crippen molar-refractivity contribution in [1.82, 2.24) is 4.90 Å². The third-order valence-electron chi connectivity index (χ3n) is 5.07. The zero-order valence-corrected chi connectivity index (χ0v) is 15.5. The van der Waals surface area contributed by atoms with Crippen LogP contribution in [0, 0.1) is 10.1 Å². The highest BCUT2D eigenvalue weighted by atomic mass is 32.2. The van der Waals surface area contributed by atoms with Crippen molar-refractivity contribution in [2.75, 3.05) is 12.5 Å². The number of fused-ring (bicyclic) bond motifs is 2. The van der Waals surface area contributed by atoms with Crippen molar-refractivity contribution in [2.45, 2.75) is 43.9 Å². The van der Waals surface area contributed by atoms with Gasteiger partial charge >= 0.3 is 5.97 Å². The van der Waals surface area contributed by atoms with Gasteiger partial charge in [0, 0.05) is 35.4 Å². The summed E-state index contributed by atoms with van der Waals surface area (Å²) in [5, 5.41) is 11.2. The van der Waals surface area contributed by atoms with Crippen molar-refractivity contribution in [1.29, 1.82) is 0 Å². The van der Waals surface area contributed by atoms with Crippen LogP contribution in [0.5, 0.6) is 5.75 Å². The normalized spacial score (nSPS) is 26.3. The van der Waals surface area contributed by atoms with E-state index in [2.05, 4.69) is 0 Å². The minimum atomic E-state index is -0.631. The van der Waals surface area contributed by atoms with Gasteiger partial charge in [-0.25, -0.2) is 4.79 Å². The van der Waals surface area contributed by atoms with Crippen molar-refractivity contribution in [2.24, 2.45) is 0 Å². The molecule has 2 saturated heterocycles. The van der Waals surface area contributed by atoms with Gasteiger partial charge in [0.2, 0.25) is 5.91 Å². The molecule has 0 N–H and O–H groups in total. The van der Waals surface area contributed by atoms with Crippen LogP contribution in [-0.2, 0) is 32.3 Å². The summed E-state index contributed by atoms with van der Waals surface area (Å²) in [6.45, 7) is 2.02. The second-order valence-corrected chi connectivity index (χ2v) is 8.34. The molecule has 144 valence electrons. The number of rotatable bonds is 4. The number of carbonyl (C=O) groups excluding carboxylic acids is 2. The van der Waals surface area contributed by atoms with Gasteiger partial charge < -0.3 is 19.1 Å². The van der Waals surface area contributed by atoms with Crippen molar-refractivity contribution >= 4 is 29.3 Å². The summed E-state index contributed by atoms with van der Waals surface area (Å²) in [7, 11) is 0. The summed E-state index contributed by atoms with van der Waals surface area (Å²) in [6.07, 6.45) is 1.14. The van der Waals surface area contributed by atoms with E-state index in [0.717, 1.165) is 0 Å². The molecule has 1 aromatic carbocycles. The molecule has 0 saturated carbocycles. The number of benzene rings is 1.